The predicted molar refractivity (Wildman–Crippen MR) is 87.1 cm³/mol. The van der Waals surface area contributed by atoms with Gasteiger partial charge in [-0.25, -0.2) is 0 Å². The average molecular weight is 259 g/mol. The van der Waals surface area contributed by atoms with Crippen LogP contribution in [0.4, 0.5) is 0 Å². The fourth-order valence-corrected chi connectivity index (χ4v) is 3.91. The van der Waals surface area contributed by atoms with E-state index in [1.54, 1.807) is 0 Å². The monoisotopic (exact) mass is 259 g/mol. The Bertz CT molecular complexity index is 824. The largest absolute Gasteiger partial charge is 0.140 e. The van der Waals surface area contributed by atoms with Crippen molar-refractivity contribution in [2.45, 2.75) is 32.6 Å². The van der Waals surface area contributed by atoms with Crippen LogP contribution in [0.3, 0.4) is 0 Å². The van der Waals surface area contributed by atoms with E-state index < -0.39 is 0 Å². The van der Waals surface area contributed by atoms with Crippen molar-refractivity contribution in [3.8, 4) is 0 Å². The highest BCUT2D eigenvalue weighted by atomic mass is 14.4. The summed E-state index contributed by atoms with van der Waals surface area (Å²) >= 11 is 0. The molecule has 1 aliphatic rings. The Morgan fingerprint density at radius 2 is 1.70 bits per heavy atom. The summed E-state index contributed by atoms with van der Waals surface area (Å²) in [5, 5.41) is 5.61. The lowest BCUT2D eigenvalue weighted by molar-refractivity contribution is 0.494. The van der Waals surface area contributed by atoms with E-state index in [0.29, 0.717) is 0 Å². The molecule has 1 aliphatic carbocycles. The van der Waals surface area contributed by atoms with Crippen molar-refractivity contribution in [2.75, 3.05) is 0 Å². The topological polar surface area (TPSA) is 0 Å². The first-order chi connectivity index (χ1) is 9.58. The van der Waals surface area contributed by atoms with Crippen molar-refractivity contribution in [1.29, 1.82) is 0 Å². The van der Waals surface area contributed by atoms with Crippen molar-refractivity contribution < 1.29 is 0 Å². The summed E-state index contributed by atoms with van der Waals surface area (Å²) in [6, 6.07) is 17.9. The third kappa shape index (κ3) is 1.45. The Balaban J connectivity index is 2.29. The van der Waals surface area contributed by atoms with Gasteiger partial charge in [-0.15, -0.1) is 0 Å². The molecule has 0 bridgehead atoms. The van der Waals surface area contributed by atoms with E-state index >= 15 is 0 Å². The lowest BCUT2D eigenvalue weighted by atomic mass is 9.67. The van der Waals surface area contributed by atoms with E-state index in [2.05, 4.69) is 69.3 Å². The number of rotatable bonds is 0. The molecule has 0 atom stereocenters. The molecule has 0 aliphatic heterocycles. The van der Waals surface area contributed by atoms with Crippen molar-refractivity contribution in [2.24, 2.45) is 0 Å². The molecular formula is C20H19+. The average Bonchev–Trinajstić information content (AvgIpc) is 2.44. The standard InChI is InChI=1S/C20H19/c1-13-12-20(2,3)18-11-14-7-4-5-8-16(14)17-10-6-9-15(13)19(17)18/h4-11H,12H2,1-3H3/q+1. The Labute approximate surface area is 120 Å². The van der Waals surface area contributed by atoms with Crippen molar-refractivity contribution in [3.05, 3.63) is 65.6 Å². The first kappa shape index (κ1) is 11.8. The van der Waals surface area contributed by atoms with Crippen LogP contribution in [0.15, 0.2) is 48.5 Å². The van der Waals surface area contributed by atoms with Crippen LogP contribution in [0.2, 0.25) is 0 Å². The van der Waals surface area contributed by atoms with E-state index in [9.17, 15) is 0 Å². The van der Waals surface area contributed by atoms with Crippen molar-refractivity contribution in [1.82, 2.24) is 0 Å². The summed E-state index contributed by atoms with van der Waals surface area (Å²) in [5.74, 6) is 1.52. The lowest BCUT2D eigenvalue weighted by Crippen LogP contribution is -2.25. The molecule has 98 valence electrons. The second-order valence-corrected chi connectivity index (χ2v) is 6.71. The predicted octanol–water partition coefficient (Wildman–Crippen LogP) is 5.62. The maximum atomic E-state index is 2.41. The Morgan fingerprint density at radius 1 is 0.950 bits per heavy atom. The quantitative estimate of drug-likeness (QED) is 0.363. The van der Waals surface area contributed by atoms with Gasteiger partial charge in [0.2, 0.25) is 0 Å². The molecule has 0 unspecified atom stereocenters. The van der Waals surface area contributed by atoms with Gasteiger partial charge >= 0.3 is 0 Å². The number of hydrogen-bond acceptors (Lipinski definition) is 0. The zero-order chi connectivity index (χ0) is 13.9. The molecule has 0 fully saturated rings. The molecule has 3 aromatic rings. The molecule has 0 saturated heterocycles. The maximum absolute atomic E-state index is 2.41. The van der Waals surface area contributed by atoms with Gasteiger partial charge in [-0.1, -0.05) is 38.1 Å². The molecule has 20 heavy (non-hydrogen) atoms. The molecular weight excluding hydrogens is 240 g/mol. The van der Waals surface area contributed by atoms with Crippen LogP contribution in [0.1, 0.15) is 38.3 Å². The number of benzene rings is 3. The SMILES string of the molecule is C[C+]1CC(C)(C)c2cc3ccccc3c3cccc1c23. The van der Waals surface area contributed by atoms with Gasteiger partial charge in [0.15, 0.2) is 0 Å². The van der Waals surface area contributed by atoms with Crippen LogP contribution in [-0.4, -0.2) is 0 Å². The minimum Gasteiger partial charge on any atom is -0.0616 e. The summed E-state index contributed by atoms with van der Waals surface area (Å²) in [7, 11) is 0. The van der Waals surface area contributed by atoms with Crippen molar-refractivity contribution in [3.63, 3.8) is 0 Å². The Morgan fingerprint density at radius 3 is 2.55 bits per heavy atom. The summed E-state index contributed by atoms with van der Waals surface area (Å²) in [6.45, 7) is 7.03. The second kappa shape index (κ2) is 3.79. The highest BCUT2D eigenvalue weighted by Gasteiger charge is 2.38. The Hall–Kier alpha value is -1.95. The highest BCUT2D eigenvalue weighted by molar-refractivity contribution is 6.11. The third-order valence-corrected chi connectivity index (χ3v) is 4.78. The minimum atomic E-state index is 0.223. The van der Waals surface area contributed by atoms with Gasteiger partial charge in [0, 0.05) is 47.1 Å². The van der Waals surface area contributed by atoms with E-state index in [1.807, 2.05) is 0 Å². The van der Waals surface area contributed by atoms with E-state index in [0.717, 1.165) is 6.42 Å². The normalized spacial score (nSPS) is 16.9. The maximum Gasteiger partial charge on any atom is 0.140 e. The van der Waals surface area contributed by atoms with Gasteiger partial charge in [0.1, 0.15) is 5.56 Å². The van der Waals surface area contributed by atoms with Gasteiger partial charge < -0.3 is 0 Å². The van der Waals surface area contributed by atoms with Crippen LogP contribution in [0.25, 0.3) is 21.5 Å². The van der Waals surface area contributed by atoms with Crippen LogP contribution in [0, 0.1) is 5.92 Å². The highest BCUT2D eigenvalue weighted by Crippen LogP contribution is 2.47. The molecule has 0 saturated carbocycles. The van der Waals surface area contributed by atoms with Gasteiger partial charge in [0.05, 0.1) is 5.39 Å². The van der Waals surface area contributed by atoms with Crippen molar-refractivity contribution >= 4 is 21.5 Å². The summed E-state index contributed by atoms with van der Waals surface area (Å²) in [5.41, 5.74) is 3.18. The Kier molecular flexibility index (Phi) is 2.24. The molecule has 0 heteroatoms. The zero-order valence-electron chi connectivity index (χ0n) is 12.3. The molecule has 3 aromatic carbocycles. The van der Waals surface area contributed by atoms with Crippen LogP contribution in [-0.2, 0) is 5.41 Å². The molecule has 0 aromatic heterocycles. The van der Waals surface area contributed by atoms with Crippen LogP contribution in [0.5, 0.6) is 0 Å². The summed E-state index contributed by atoms with van der Waals surface area (Å²) in [4.78, 5) is 0. The van der Waals surface area contributed by atoms with Gasteiger partial charge in [0.25, 0.3) is 0 Å². The van der Waals surface area contributed by atoms with Gasteiger partial charge in [-0.2, -0.15) is 0 Å². The van der Waals surface area contributed by atoms with E-state index in [4.69, 9.17) is 0 Å². The lowest BCUT2D eigenvalue weighted by Gasteiger charge is -2.31. The zero-order valence-corrected chi connectivity index (χ0v) is 12.3. The molecule has 0 nitrogen and oxygen atoms in total. The van der Waals surface area contributed by atoms with Gasteiger partial charge in [-0.3, -0.25) is 0 Å². The van der Waals surface area contributed by atoms with E-state index in [-0.39, 0.29) is 5.41 Å². The first-order valence-electron chi connectivity index (χ1n) is 7.36. The molecule has 0 amide bonds. The second-order valence-electron chi connectivity index (χ2n) is 6.71. The first-order valence-corrected chi connectivity index (χ1v) is 7.36. The molecule has 4 rings (SSSR count). The minimum absolute atomic E-state index is 0.223. The van der Waals surface area contributed by atoms with Gasteiger partial charge in [-0.05, 0) is 23.6 Å². The molecule has 0 radical (unpaired) electrons. The number of hydrogen-bond donors (Lipinski definition) is 0. The van der Waals surface area contributed by atoms with Crippen LogP contribution < -0.4 is 0 Å². The third-order valence-electron chi connectivity index (χ3n) is 4.78. The summed E-state index contributed by atoms with van der Waals surface area (Å²) < 4.78 is 0. The summed E-state index contributed by atoms with van der Waals surface area (Å²) in [6.07, 6.45) is 1.15. The smallest absolute Gasteiger partial charge is 0.0616 e. The fourth-order valence-electron chi connectivity index (χ4n) is 3.91. The van der Waals surface area contributed by atoms with Crippen LogP contribution >= 0.6 is 0 Å². The molecule has 0 spiro atoms. The number of fused-ring (bicyclic) bond motifs is 2. The molecule has 0 heterocycles. The van der Waals surface area contributed by atoms with E-state index in [1.165, 1.54) is 38.6 Å². The molecule has 0 N–H and O–H groups in total. The fraction of sp³-hybridized carbons (Fsp3) is 0.250.